The lowest BCUT2D eigenvalue weighted by molar-refractivity contribution is -0.134. The highest BCUT2D eigenvalue weighted by molar-refractivity contribution is 7.09. The average molecular weight is 440 g/mol. The zero-order valence-electron chi connectivity index (χ0n) is 17.1. The number of aryl methyl sites for hydroxylation is 1. The van der Waals surface area contributed by atoms with E-state index >= 15 is 0 Å². The molecule has 1 unspecified atom stereocenters. The van der Waals surface area contributed by atoms with Crippen molar-refractivity contribution in [2.45, 2.75) is 19.6 Å². The van der Waals surface area contributed by atoms with Gasteiger partial charge in [-0.15, -0.1) is 11.3 Å². The number of benzene rings is 2. The topological polar surface area (TPSA) is 85.5 Å². The highest BCUT2D eigenvalue weighted by Crippen LogP contribution is 2.23. The maximum atomic E-state index is 13.6. The SMILES string of the molecule is Cc1nc(COc2ccccc2/C=C/C(=O)N(C)C(C(N)=O)c2cccc(F)c2)cs1. The van der Waals surface area contributed by atoms with Crippen LogP contribution < -0.4 is 10.5 Å². The van der Waals surface area contributed by atoms with Gasteiger partial charge in [-0.3, -0.25) is 9.59 Å². The van der Waals surface area contributed by atoms with Crippen LogP contribution in [0, 0.1) is 12.7 Å². The van der Waals surface area contributed by atoms with Gasteiger partial charge in [-0.2, -0.15) is 0 Å². The van der Waals surface area contributed by atoms with Crippen molar-refractivity contribution in [2.75, 3.05) is 7.05 Å². The van der Waals surface area contributed by atoms with Crippen LogP contribution in [0.3, 0.4) is 0 Å². The molecule has 2 aromatic carbocycles. The predicted octanol–water partition coefficient (Wildman–Crippen LogP) is 3.87. The molecule has 1 heterocycles. The summed E-state index contributed by atoms with van der Waals surface area (Å²) in [7, 11) is 1.44. The fraction of sp³-hybridized carbons (Fsp3) is 0.174. The van der Waals surface area contributed by atoms with Gasteiger partial charge in [0.2, 0.25) is 11.8 Å². The summed E-state index contributed by atoms with van der Waals surface area (Å²) in [5.74, 6) is -1.13. The van der Waals surface area contributed by atoms with E-state index in [4.69, 9.17) is 10.5 Å². The number of primary amides is 1. The summed E-state index contributed by atoms with van der Waals surface area (Å²) in [5, 5.41) is 2.89. The highest BCUT2D eigenvalue weighted by atomic mass is 32.1. The Balaban J connectivity index is 1.74. The number of para-hydroxylation sites is 1. The van der Waals surface area contributed by atoms with Crippen molar-refractivity contribution in [1.29, 1.82) is 0 Å². The second-order valence-corrected chi connectivity index (χ2v) is 7.89. The summed E-state index contributed by atoms with van der Waals surface area (Å²) in [6, 6.07) is 11.6. The van der Waals surface area contributed by atoms with Crippen molar-refractivity contribution in [2.24, 2.45) is 5.73 Å². The molecule has 8 heteroatoms. The second-order valence-electron chi connectivity index (χ2n) is 6.83. The minimum Gasteiger partial charge on any atom is -0.487 e. The summed E-state index contributed by atoms with van der Waals surface area (Å²) in [6.45, 7) is 2.24. The van der Waals surface area contributed by atoms with Gasteiger partial charge in [-0.05, 0) is 36.8 Å². The van der Waals surface area contributed by atoms with Gasteiger partial charge in [0.25, 0.3) is 0 Å². The standard InChI is InChI=1S/C23H22FN3O3S/c1-15-26-19(14-31-15)13-30-20-9-4-3-6-16(20)10-11-21(28)27(2)22(23(25)29)17-7-5-8-18(24)12-17/h3-12,14,22H,13H2,1-2H3,(H2,25,29)/b11-10+. The molecular weight excluding hydrogens is 417 g/mol. The van der Waals surface area contributed by atoms with Crippen LogP contribution in [0.2, 0.25) is 0 Å². The third kappa shape index (κ3) is 5.76. The van der Waals surface area contributed by atoms with Crippen molar-refractivity contribution < 1.29 is 18.7 Å². The maximum absolute atomic E-state index is 13.6. The van der Waals surface area contributed by atoms with E-state index < -0.39 is 23.7 Å². The number of thiazole rings is 1. The Kier molecular flexibility index (Phi) is 7.15. The number of carbonyl (C=O) groups is 2. The molecule has 160 valence electrons. The smallest absolute Gasteiger partial charge is 0.247 e. The number of hydrogen-bond donors (Lipinski definition) is 1. The number of halogens is 1. The number of hydrogen-bond acceptors (Lipinski definition) is 5. The lowest BCUT2D eigenvalue weighted by atomic mass is 10.0. The van der Waals surface area contributed by atoms with Crippen LogP contribution in [0.5, 0.6) is 5.75 Å². The summed E-state index contributed by atoms with van der Waals surface area (Å²) in [5.41, 5.74) is 7.31. The van der Waals surface area contributed by atoms with Crippen LogP contribution in [0.25, 0.3) is 6.08 Å². The Morgan fingerprint density at radius 1 is 1.26 bits per heavy atom. The Bertz CT molecular complexity index is 1110. The van der Waals surface area contributed by atoms with Crippen LogP contribution in [0.15, 0.2) is 60.0 Å². The molecule has 1 aromatic heterocycles. The van der Waals surface area contributed by atoms with E-state index in [1.807, 2.05) is 30.5 Å². The number of nitrogens with zero attached hydrogens (tertiary/aromatic N) is 2. The summed E-state index contributed by atoms with van der Waals surface area (Å²) in [6.07, 6.45) is 2.93. The van der Waals surface area contributed by atoms with Gasteiger partial charge in [0.15, 0.2) is 0 Å². The zero-order chi connectivity index (χ0) is 22.4. The number of ether oxygens (including phenoxy) is 1. The fourth-order valence-electron chi connectivity index (χ4n) is 3.04. The Morgan fingerprint density at radius 3 is 2.71 bits per heavy atom. The summed E-state index contributed by atoms with van der Waals surface area (Å²) in [4.78, 5) is 30.2. The molecule has 3 aromatic rings. The van der Waals surface area contributed by atoms with Crippen LogP contribution >= 0.6 is 11.3 Å². The van der Waals surface area contributed by atoms with Crippen molar-refractivity contribution in [1.82, 2.24) is 9.88 Å². The number of nitrogens with two attached hydrogens (primary N) is 1. The Hall–Kier alpha value is -3.52. The van der Waals surface area contributed by atoms with E-state index in [2.05, 4.69) is 4.98 Å². The minimum absolute atomic E-state index is 0.305. The molecule has 1 atom stereocenters. The quantitative estimate of drug-likeness (QED) is 0.540. The zero-order valence-corrected chi connectivity index (χ0v) is 17.9. The van der Waals surface area contributed by atoms with Gasteiger partial charge >= 0.3 is 0 Å². The molecule has 0 saturated carbocycles. The molecule has 0 aliphatic rings. The molecule has 31 heavy (non-hydrogen) atoms. The molecule has 0 spiro atoms. The molecule has 3 rings (SSSR count). The fourth-order valence-corrected chi connectivity index (χ4v) is 3.63. The van der Waals surface area contributed by atoms with Crippen LogP contribution in [0.4, 0.5) is 4.39 Å². The average Bonchev–Trinajstić information content (AvgIpc) is 3.16. The van der Waals surface area contributed by atoms with E-state index in [9.17, 15) is 14.0 Å². The second kappa shape index (κ2) is 9.99. The third-order valence-corrected chi connectivity index (χ3v) is 5.36. The monoisotopic (exact) mass is 439 g/mol. The first kappa shape index (κ1) is 22.2. The first-order chi connectivity index (χ1) is 14.8. The number of rotatable bonds is 8. The summed E-state index contributed by atoms with van der Waals surface area (Å²) < 4.78 is 19.4. The van der Waals surface area contributed by atoms with Crippen molar-refractivity contribution in [3.63, 3.8) is 0 Å². The maximum Gasteiger partial charge on any atom is 0.247 e. The van der Waals surface area contributed by atoms with E-state index in [0.29, 0.717) is 23.5 Å². The lowest BCUT2D eigenvalue weighted by Crippen LogP contribution is -2.38. The molecular formula is C23H22FN3O3S. The first-order valence-electron chi connectivity index (χ1n) is 9.47. The van der Waals surface area contributed by atoms with Gasteiger partial charge in [-0.1, -0.05) is 30.3 Å². The van der Waals surface area contributed by atoms with Crippen LogP contribution in [0.1, 0.15) is 27.9 Å². The molecule has 0 aliphatic carbocycles. The van der Waals surface area contributed by atoms with Gasteiger partial charge in [-0.25, -0.2) is 9.37 Å². The highest BCUT2D eigenvalue weighted by Gasteiger charge is 2.26. The van der Waals surface area contributed by atoms with Gasteiger partial charge in [0.05, 0.1) is 10.7 Å². The van der Waals surface area contributed by atoms with E-state index in [-0.39, 0.29) is 0 Å². The van der Waals surface area contributed by atoms with Crippen molar-refractivity contribution in [3.05, 3.63) is 87.6 Å². The normalized spacial score (nSPS) is 12.0. The molecule has 0 bridgehead atoms. The van der Waals surface area contributed by atoms with E-state index in [1.165, 1.54) is 36.2 Å². The van der Waals surface area contributed by atoms with E-state index in [0.717, 1.165) is 10.7 Å². The molecule has 2 N–H and O–H groups in total. The molecule has 0 saturated heterocycles. The van der Waals surface area contributed by atoms with Crippen LogP contribution in [-0.2, 0) is 16.2 Å². The lowest BCUT2D eigenvalue weighted by Gasteiger charge is -2.25. The molecule has 2 amide bonds. The van der Waals surface area contributed by atoms with Gasteiger partial charge in [0, 0.05) is 24.1 Å². The molecule has 6 nitrogen and oxygen atoms in total. The number of aromatic nitrogens is 1. The van der Waals surface area contributed by atoms with E-state index in [1.54, 1.807) is 29.5 Å². The number of carbonyl (C=O) groups excluding carboxylic acids is 2. The van der Waals surface area contributed by atoms with Crippen molar-refractivity contribution >= 4 is 29.2 Å². The third-order valence-electron chi connectivity index (χ3n) is 4.54. The van der Waals surface area contributed by atoms with Gasteiger partial charge < -0.3 is 15.4 Å². The first-order valence-corrected chi connectivity index (χ1v) is 10.4. The Morgan fingerprint density at radius 2 is 2.03 bits per heavy atom. The van der Waals surface area contributed by atoms with Gasteiger partial charge in [0.1, 0.15) is 24.2 Å². The molecule has 0 aliphatic heterocycles. The summed E-state index contributed by atoms with van der Waals surface area (Å²) >= 11 is 1.55. The molecule has 0 radical (unpaired) electrons. The molecule has 0 fully saturated rings. The largest absolute Gasteiger partial charge is 0.487 e. The van der Waals surface area contributed by atoms with Crippen molar-refractivity contribution in [3.8, 4) is 5.75 Å². The number of amides is 2. The Labute approximate surface area is 183 Å². The number of likely N-dealkylation sites (N-methyl/N-ethyl adjacent to an activating group) is 1. The predicted molar refractivity (Wildman–Crippen MR) is 118 cm³/mol. The minimum atomic E-state index is -1.09. The van der Waals surface area contributed by atoms with Crippen LogP contribution in [-0.4, -0.2) is 28.7 Å².